The van der Waals surface area contributed by atoms with Gasteiger partial charge in [0.15, 0.2) is 0 Å². The standard InChI is InChI=1S/C4H9GeI3/c1-4(2,3)5(6,7)8/h1-3H3. The number of hydrogen-bond acceptors (Lipinski definition) is 0. The summed E-state index contributed by atoms with van der Waals surface area (Å²) >= 11 is 7.93. The van der Waals surface area contributed by atoms with E-state index in [9.17, 15) is 0 Å². The van der Waals surface area contributed by atoms with Crippen molar-refractivity contribution in [1.82, 2.24) is 0 Å². The van der Waals surface area contributed by atoms with Crippen LogP contribution in [-0.4, -0.2) is 3.34 Å². The average Bonchev–Trinajstić information content (AvgIpc) is 1.25. The van der Waals surface area contributed by atoms with Gasteiger partial charge in [0.2, 0.25) is 0 Å². The van der Waals surface area contributed by atoms with Crippen LogP contribution in [0.1, 0.15) is 20.8 Å². The molecule has 0 aliphatic carbocycles. The van der Waals surface area contributed by atoms with E-state index in [1.54, 1.807) is 0 Å². The molecule has 0 heterocycles. The summed E-state index contributed by atoms with van der Waals surface area (Å²) < 4.78 is -0.817. The molecular weight excluding hydrogens is 501 g/mol. The van der Waals surface area contributed by atoms with Crippen LogP contribution in [0, 0.1) is 0 Å². The van der Waals surface area contributed by atoms with Gasteiger partial charge >= 0.3 is 89.0 Å². The fourth-order valence-corrected chi connectivity index (χ4v) is 0. The normalized spacial score (nSPS) is 14.2. The minimum absolute atomic E-state index is 0.585. The van der Waals surface area contributed by atoms with Crippen molar-refractivity contribution >= 4 is 64.0 Å². The molecule has 0 aliphatic rings. The van der Waals surface area contributed by atoms with Gasteiger partial charge in [-0.2, -0.15) is 0 Å². The fraction of sp³-hybridized carbons (Fsp3) is 1.00. The van der Waals surface area contributed by atoms with Crippen molar-refractivity contribution in [2.75, 3.05) is 0 Å². The van der Waals surface area contributed by atoms with Crippen LogP contribution in [0.15, 0.2) is 0 Å². The zero-order valence-corrected chi connectivity index (χ0v) is 13.7. The topological polar surface area (TPSA) is 0 Å². The summed E-state index contributed by atoms with van der Waals surface area (Å²) in [4.78, 5) is 0. The Morgan fingerprint density at radius 1 is 1.00 bits per heavy atom. The SMILES string of the molecule is C[C](C)(C)[Ge]([I])([I])[I]. The third-order valence-electron chi connectivity index (χ3n) is 0.850. The second kappa shape index (κ2) is 3.42. The molecule has 0 unspecified atom stereocenters. The van der Waals surface area contributed by atoms with Crippen molar-refractivity contribution in [3.8, 4) is 0 Å². The summed E-state index contributed by atoms with van der Waals surface area (Å²) in [5.41, 5.74) is 0. The Morgan fingerprint density at radius 3 is 1.12 bits per heavy atom. The fourth-order valence-electron chi connectivity index (χ4n) is 0. The molecule has 50 valence electrons. The Kier molecular flexibility index (Phi) is 4.59. The number of rotatable bonds is 0. The van der Waals surface area contributed by atoms with E-state index in [0.717, 1.165) is 0 Å². The van der Waals surface area contributed by atoms with Gasteiger partial charge in [-0.05, 0) is 0 Å². The van der Waals surface area contributed by atoms with E-state index in [4.69, 9.17) is 0 Å². The Morgan fingerprint density at radius 2 is 1.12 bits per heavy atom. The molecule has 4 heteroatoms. The molecule has 0 saturated carbocycles. The van der Waals surface area contributed by atoms with Gasteiger partial charge in [-0.25, -0.2) is 0 Å². The van der Waals surface area contributed by atoms with Gasteiger partial charge in [-0.3, -0.25) is 0 Å². The van der Waals surface area contributed by atoms with Crippen LogP contribution in [-0.2, 0) is 0 Å². The molecule has 0 rings (SSSR count). The quantitative estimate of drug-likeness (QED) is 0.341. The molecule has 0 atom stereocenters. The van der Waals surface area contributed by atoms with Gasteiger partial charge in [-0.15, -0.1) is 0 Å². The molecule has 0 aromatic carbocycles. The summed E-state index contributed by atoms with van der Waals surface area (Å²) in [7, 11) is 0. The molecule has 0 aromatic rings. The minimum atomic E-state index is -1.40. The zero-order valence-electron chi connectivity index (χ0n) is 5.13. The summed E-state index contributed by atoms with van der Waals surface area (Å²) in [6.45, 7) is 6.99. The van der Waals surface area contributed by atoms with Crippen LogP contribution < -0.4 is 0 Å². The van der Waals surface area contributed by atoms with Crippen molar-refractivity contribution in [2.24, 2.45) is 0 Å². The monoisotopic (exact) mass is 512 g/mol. The van der Waals surface area contributed by atoms with Crippen LogP contribution in [0.4, 0.5) is 0 Å². The average molecular weight is 510 g/mol. The molecule has 0 spiro atoms. The third kappa shape index (κ3) is 3.79. The maximum absolute atomic E-state index is 2.64. The predicted molar refractivity (Wildman–Crippen MR) is 67.5 cm³/mol. The first-order chi connectivity index (χ1) is 3.25. The first kappa shape index (κ1) is 10.7. The first-order valence-corrected chi connectivity index (χ1v) is 22.6. The summed E-state index contributed by atoms with van der Waals surface area (Å²) in [5.74, 6) is 0. The van der Waals surface area contributed by atoms with Crippen LogP contribution in [0.3, 0.4) is 0 Å². The van der Waals surface area contributed by atoms with Gasteiger partial charge < -0.3 is 0 Å². The first-order valence-electron chi connectivity index (χ1n) is 2.32. The van der Waals surface area contributed by atoms with Crippen LogP contribution >= 0.6 is 60.6 Å². The molecule has 0 aromatic heterocycles. The summed E-state index contributed by atoms with van der Waals surface area (Å²) in [6.07, 6.45) is 0. The predicted octanol–water partition coefficient (Wildman–Crippen LogP) is 4.03. The molecule has 8 heavy (non-hydrogen) atoms. The van der Waals surface area contributed by atoms with E-state index in [1.807, 2.05) is 0 Å². The van der Waals surface area contributed by atoms with E-state index < -0.39 is 3.34 Å². The molecule has 0 N–H and O–H groups in total. The molecule has 0 fully saturated rings. The van der Waals surface area contributed by atoms with E-state index in [0.29, 0.717) is 4.25 Å². The van der Waals surface area contributed by atoms with E-state index >= 15 is 0 Å². The molecule has 0 bridgehead atoms. The molecular formula is C4H9GeI3. The summed E-state index contributed by atoms with van der Waals surface area (Å²) in [6, 6.07) is 0. The van der Waals surface area contributed by atoms with Crippen molar-refractivity contribution in [2.45, 2.75) is 25.0 Å². The van der Waals surface area contributed by atoms with Gasteiger partial charge in [-0.1, -0.05) is 0 Å². The van der Waals surface area contributed by atoms with Gasteiger partial charge in [0.25, 0.3) is 0 Å². The van der Waals surface area contributed by atoms with Crippen molar-refractivity contribution in [3.63, 3.8) is 0 Å². The van der Waals surface area contributed by atoms with Gasteiger partial charge in [0.05, 0.1) is 0 Å². The Hall–Kier alpha value is 2.73. The van der Waals surface area contributed by atoms with Crippen LogP contribution in [0.5, 0.6) is 0 Å². The Bertz CT molecular complexity index is 66.3. The summed E-state index contributed by atoms with van der Waals surface area (Å²) in [5, 5.41) is 0. The second-order valence-corrected chi connectivity index (χ2v) is 65.4. The van der Waals surface area contributed by atoms with Crippen molar-refractivity contribution < 1.29 is 0 Å². The Labute approximate surface area is 87.2 Å². The van der Waals surface area contributed by atoms with Gasteiger partial charge in [0, 0.05) is 0 Å². The molecule has 0 saturated heterocycles. The molecule has 0 radical (unpaired) electrons. The number of hydrogen-bond donors (Lipinski definition) is 0. The Balaban J connectivity index is 4.02. The van der Waals surface area contributed by atoms with Crippen molar-refractivity contribution in [3.05, 3.63) is 0 Å². The van der Waals surface area contributed by atoms with Crippen molar-refractivity contribution in [1.29, 1.82) is 0 Å². The van der Waals surface area contributed by atoms with E-state index in [1.165, 1.54) is 0 Å². The molecule has 0 aliphatic heterocycles. The maximum atomic E-state index is 2.64. The third-order valence-corrected chi connectivity index (χ3v) is 29.6. The van der Waals surface area contributed by atoms with E-state index in [2.05, 4.69) is 81.4 Å². The molecule has 0 amide bonds. The van der Waals surface area contributed by atoms with Gasteiger partial charge in [0.1, 0.15) is 0 Å². The van der Waals surface area contributed by atoms with Crippen LogP contribution in [0.25, 0.3) is 0 Å². The zero-order chi connectivity index (χ0) is 7.00. The van der Waals surface area contributed by atoms with Crippen LogP contribution in [0.2, 0.25) is 4.25 Å². The van der Waals surface area contributed by atoms with E-state index in [-0.39, 0.29) is 0 Å². The second-order valence-electron chi connectivity index (χ2n) is 2.75. The number of halogens is 3. The molecule has 0 nitrogen and oxygen atoms in total.